The van der Waals surface area contributed by atoms with Crippen molar-refractivity contribution in [3.63, 3.8) is 0 Å². The first-order valence-electron chi connectivity index (χ1n) is 6.72. The van der Waals surface area contributed by atoms with E-state index >= 15 is 0 Å². The van der Waals surface area contributed by atoms with Gasteiger partial charge in [-0.15, -0.1) is 0 Å². The molecule has 3 N–H and O–H groups in total. The number of benzene rings is 2. The third-order valence-corrected chi connectivity index (χ3v) is 3.27. The van der Waals surface area contributed by atoms with Crippen LogP contribution in [0, 0.1) is 0 Å². The maximum absolute atomic E-state index is 5.98. The maximum atomic E-state index is 5.98. The lowest BCUT2D eigenvalue weighted by molar-refractivity contribution is 0.355. The van der Waals surface area contributed by atoms with Crippen LogP contribution in [0.2, 0.25) is 0 Å². The van der Waals surface area contributed by atoms with Crippen LogP contribution in [0.25, 0.3) is 10.9 Å². The fraction of sp³-hybridized carbons (Fsp3) is 0.125. The van der Waals surface area contributed by atoms with E-state index in [0.29, 0.717) is 23.3 Å². The SMILES string of the molecule is COc1ccc(Nc2nc(N)c3ccccc3n2)cc1OC. The number of methoxy groups -OCH3 is 2. The standard InChI is InChI=1S/C16H16N4O2/c1-21-13-8-7-10(9-14(13)22-2)18-16-19-12-6-4-3-5-11(12)15(17)20-16/h3-9H,1-2H3,(H3,17,18,19,20). The maximum Gasteiger partial charge on any atom is 0.229 e. The number of para-hydroxylation sites is 1. The molecular weight excluding hydrogens is 280 g/mol. The highest BCUT2D eigenvalue weighted by molar-refractivity contribution is 5.89. The number of nitrogen functional groups attached to an aromatic ring is 1. The summed E-state index contributed by atoms with van der Waals surface area (Å²) < 4.78 is 10.5. The second kappa shape index (κ2) is 5.77. The molecule has 0 amide bonds. The first-order valence-corrected chi connectivity index (χ1v) is 6.72. The van der Waals surface area contributed by atoms with Gasteiger partial charge in [0.25, 0.3) is 0 Å². The van der Waals surface area contributed by atoms with Crippen molar-refractivity contribution in [1.29, 1.82) is 0 Å². The van der Waals surface area contributed by atoms with E-state index in [0.717, 1.165) is 16.6 Å². The topological polar surface area (TPSA) is 82.3 Å². The average Bonchev–Trinajstić information content (AvgIpc) is 2.55. The third-order valence-electron chi connectivity index (χ3n) is 3.27. The molecule has 112 valence electrons. The Bertz CT molecular complexity index is 820. The van der Waals surface area contributed by atoms with Crippen LogP contribution < -0.4 is 20.5 Å². The monoisotopic (exact) mass is 296 g/mol. The molecule has 0 saturated carbocycles. The Kier molecular flexibility index (Phi) is 3.65. The Morgan fingerprint density at radius 1 is 0.955 bits per heavy atom. The number of aromatic nitrogens is 2. The molecule has 0 spiro atoms. The molecule has 6 nitrogen and oxygen atoms in total. The van der Waals surface area contributed by atoms with Crippen molar-refractivity contribution in [2.45, 2.75) is 0 Å². The molecule has 0 fully saturated rings. The van der Waals surface area contributed by atoms with Crippen LogP contribution >= 0.6 is 0 Å². The fourth-order valence-corrected chi connectivity index (χ4v) is 2.20. The van der Waals surface area contributed by atoms with Gasteiger partial charge in [-0.1, -0.05) is 12.1 Å². The zero-order valence-corrected chi connectivity index (χ0v) is 12.3. The second-order valence-corrected chi connectivity index (χ2v) is 4.64. The van der Waals surface area contributed by atoms with E-state index in [9.17, 15) is 0 Å². The largest absolute Gasteiger partial charge is 0.493 e. The minimum atomic E-state index is 0.434. The van der Waals surface area contributed by atoms with Crippen molar-refractivity contribution >= 4 is 28.4 Å². The quantitative estimate of drug-likeness (QED) is 0.770. The van der Waals surface area contributed by atoms with Gasteiger partial charge >= 0.3 is 0 Å². The number of anilines is 3. The van der Waals surface area contributed by atoms with Crippen molar-refractivity contribution in [3.8, 4) is 11.5 Å². The minimum Gasteiger partial charge on any atom is -0.493 e. The van der Waals surface area contributed by atoms with Gasteiger partial charge in [-0.2, -0.15) is 4.98 Å². The summed E-state index contributed by atoms with van der Waals surface area (Å²) in [6.45, 7) is 0. The van der Waals surface area contributed by atoms with Crippen LogP contribution in [0.5, 0.6) is 11.5 Å². The highest BCUT2D eigenvalue weighted by Crippen LogP contribution is 2.31. The summed E-state index contributed by atoms with van der Waals surface area (Å²) in [6, 6.07) is 13.1. The molecule has 0 bridgehead atoms. The third kappa shape index (κ3) is 2.58. The number of fused-ring (bicyclic) bond motifs is 1. The summed E-state index contributed by atoms with van der Waals surface area (Å²) in [7, 11) is 3.18. The summed E-state index contributed by atoms with van der Waals surface area (Å²) in [5.41, 5.74) is 7.55. The Balaban J connectivity index is 1.96. The van der Waals surface area contributed by atoms with Crippen LogP contribution in [0.3, 0.4) is 0 Å². The highest BCUT2D eigenvalue weighted by atomic mass is 16.5. The van der Waals surface area contributed by atoms with E-state index < -0.39 is 0 Å². The summed E-state index contributed by atoms with van der Waals surface area (Å²) in [6.07, 6.45) is 0. The number of hydrogen-bond acceptors (Lipinski definition) is 6. The predicted octanol–water partition coefficient (Wildman–Crippen LogP) is 2.97. The molecule has 3 rings (SSSR count). The molecule has 6 heteroatoms. The Hall–Kier alpha value is -3.02. The van der Waals surface area contributed by atoms with Crippen LogP contribution in [0.4, 0.5) is 17.5 Å². The van der Waals surface area contributed by atoms with Gasteiger partial charge in [0, 0.05) is 17.1 Å². The normalized spacial score (nSPS) is 10.5. The van der Waals surface area contributed by atoms with E-state index in [1.54, 1.807) is 14.2 Å². The second-order valence-electron chi connectivity index (χ2n) is 4.64. The van der Waals surface area contributed by atoms with Crippen molar-refractivity contribution in [3.05, 3.63) is 42.5 Å². The van der Waals surface area contributed by atoms with Gasteiger partial charge < -0.3 is 20.5 Å². The lowest BCUT2D eigenvalue weighted by atomic mass is 10.2. The van der Waals surface area contributed by atoms with Gasteiger partial charge in [-0.25, -0.2) is 4.98 Å². The number of rotatable bonds is 4. The molecule has 0 aliphatic heterocycles. The predicted molar refractivity (Wildman–Crippen MR) is 86.8 cm³/mol. The number of nitrogens with two attached hydrogens (primary N) is 1. The molecule has 1 aromatic heterocycles. The van der Waals surface area contributed by atoms with E-state index in [2.05, 4.69) is 15.3 Å². The molecule has 0 aliphatic rings. The molecule has 3 aromatic rings. The number of ether oxygens (including phenoxy) is 2. The molecule has 0 atom stereocenters. The Labute approximate surface area is 127 Å². The van der Waals surface area contributed by atoms with Crippen molar-refractivity contribution < 1.29 is 9.47 Å². The Morgan fingerprint density at radius 3 is 2.50 bits per heavy atom. The van der Waals surface area contributed by atoms with Gasteiger partial charge in [0.1, 0.15) is 5.82 Å². The van der Waals surface area contributed by atoms with Gasteiger partial charge in [-0.05, 0) is 24.3 Å². The van der Waals surface area contributed by atoms with Crippen LogP contribution in [0.1, 0.15) is 0 Å². The molecule has 1 heterocycles. The smallest absolute Gasteiger partial charge is 0.229 e. The van der Waals surface area contributed by atoms with E-state index in [-0.39, 0.29) is 0 Å². The highest BCUT2D eigenvalue weighted by Gasteiger charge is 2.08. The van der Waals surface area contributed by atoms with Crippen molar-refractivity contribution in [2.75, 3.05) is 25.3 Å². The number of hydrogen-bond donors (Lipinski definition) is 2. The van der Waals surface area contributed by atoms with E-state index in [1.807, 2.05) is 42.5 Å². The molecule has 0 unspecified atom stereocenters. The van der Waals surface area contributed by atoms with E-state index in [1.165, 1.54) is 0 Å². The lowest BCUT2D eigenvalue weighted by Gasteiger charge is -2.11. The van der Waals surface area contributed by atoms with Crippen LogP contribution in [0.15, 0.2) is 42.5 Å². The zero-order valence-electron chi connectivity index (χ0n) is 12.3. The first kappa shape index (κ1) is 13.9. The van der Waals surface area contributed by atoms with Crippen LogP contribution in [-0.4, -0.2) is 24.2 Å². The lowest BCUT2D eigenvalue weighted by Crippen LogP contribution is -2.02. The molecule has 0 radical (unpaired) electrons. The molecular formula is C16H16N4O2. The first-order chi connectivity index (χ1) is 10.7. The average molecular weight is 296 g/mol. The zero-order chi connectivity index (χ0) is 15.5. The molecule has 0 aliphatic carbocycles. The molecule has 22 heavy (non-hydrogen) atoms. The van der Waals surface area contributed by atoms with E-state index in [4.69, 9.17) is 15.2 Å². The van der Waals surface area contributed by atoms with Crippen molar-refractivity contribution in [1.82, 2.24) is 9.97 Å². The van der Waals surface area contributed by atoms with Crippen molar-refractivity contribution in [2.24, 2.45) is 0 Å². The fourth-order valence-electron chi connectivity index (χ4n) is 2.20. The molecule has 2 aromatic carbocycles. The number of nitrogens with one attached hydrogen (secondary N) is 1. The summed E-state index contributed by atoms with van der Waals surface area (Å²) >= 11 is 0. The van der Waals surface area contributed by atoms with Gasteiger partial charge in [-0.3, -0.25) is 0 Å². The minimum absolute atomic E-state index is 0.434. The van der Waals surface area contributed by atoms with Gasteiger partial charge in [0.15, 0.2) is 11.5 Å². The molecule has 0 saturated heterocycles. The van der Waals surface area contributed by atoms with Gasteiger partial charge in [0.05, 0.1) is 19.7 Å². The van der Waals surface area contributed by atoms with Crippen LogP contribution in [-0.2, 0) is 0 Å². The summed E-state index contributed by atoms with van der Waals surface area (Å²) in [5, 5.41) is 3.96. The Morgan fingerprint density at radius 2 is 1.73 bits per heavy atom. The summed E-state index contributed by atoms with van der Waals surface area (Å²) in [5.74, 6) is 2.16. The number of nitrogens with zero attached hydrogens (tertiary/aromatic N) is 2. The summed E-state index contributed by atoms with van der Waals surface area (Å²) in [4.78, 5) is 8.73. The van der Waals surface area contributed by atoms with Gasteiger partial charge in [0.2, 0.25) is 5.95 Å².